The van der Waals surface area contributed by atoms with E-state index < -0.39 is 0 Å². The van der Waals surface area contributed by atoms with Crippen LogP contribution in [0.5, 0.6) is 0 Å². The first kappa shape index (κ1) is 15.8. The molecule has 0 saturated carbocycles. The standard InChI is InChI=1S/C18H18N6S/c1-11-9-21-17(7-15(11)22-13-4-5-20-10-13)24-18-23-14-3-2-12(8-19)6-16(14)25-18/h2-3,6-7,9,13,20H,4-5,10H2,1H3,(H2,21,22,23,24). The van der Waals surface area contributed by atoms with Gasteiger partial charge in [0.25, 0.3) is 0 Å². The van der Waals surface area contributed by atoms with E-state index >= 15 is 0 Å². The molecule has 6 nitrogen and oxygen atoms in total. The van der Waals surface area contributed by atoms with Crippen LogP contribution in [0.25, 0.3) is 10.2 Å². The Morgan fingerprint density at radius 1 is 1.36 bits per heavy atom. The number of aryl methyl sites for hydroxylation is 1. The topological polar surface area (TPSA) is 85.7 Å². The van der Waals surface area contributed by atoms with Crippen molar-refractivity contribution in [2.45, 2.75) is 19.4 Å². The fourth-order valence-corrected chi connectivity index (χ4v) is 3.81. The Morgan fingerprint density at radius 3 is 3.08 bits per heavy atom. The van der Waals surface area contributed by atoms with E-state index in [-0.39, 0.29) is 0 Å². The van der Waals surface area contributed by atoms with Crippen LogP contribution >= 0.6 is 11.3 Å². The highest BCUT2D eigenvalue weighted by Crippen LogP contribution is 2.29. The van der Waals surface area contributed by atoms with Gasteiger partial charge in [-0.2, -0.15) is 5.26 Å². The molecule has 1 aromatic carbocycles. The van der Waals surface area contributed by atoms with E-state index in [9.17, 15) is 0 Å². The summed E-state index contributed by atoms with van der Waals surface area (Å²) in [5, 5.41) is 20.0. The van der Waals surface area contributed by atoms with E-state index in [0.29, 0.717) is 11.6 Å². The molecule has 1 fully saturated rings. The highest BCUT2D eigenvalue weighted by atomic mass is 32.1. The largest absolute Gasteiger partial charge is 0.381 e. The van der Waals surface area contributed by atoms with E-state index in [1.165, 1.54) is 11.3 Å². The van der Waals surface area contributed by atoms with Gasteiger partial charge in [-0.1, -0.05) is 11.3 Å². The molecule has 3 heterocycles. The molecule has 126 valence electrons. The fourth-order valence-electron chi connectivity index (χ4n) is 2.90. The molecule has 0 spiro atoms. The number of anilines is 3. The smallest absolute Gasteiger partial charge is 0.189 e. The number of nitrogens with zero attached hydrogens (tertiary/aromatic N) is 3. The maximum atomic E-state index is 9.01. The van der Waals surface area contributed by atoms with Crippen molar-refractivity contribution in [1.29, 1.82) is 5.26 Å². The Hall–Kier alpha value is -2.69. The van der Waals surface area contributed by atoms with Gasteiger partial charge in [0.15, 0.2) is 5.13 Å². The van der Waals surface area contributed by atoms with Gasteiger partial charge < -0.3 is 16.0 Å². The third-order valence-corrected chi connectivity index (χ3v) is 5.21. The van der Waals surface area contributed by atoms with Crippen LogP contribution in [0.1, 0.15) is 17.5 Å². The Bertz CT molecular complexity index is 952. The normalized spacial score (nSPS) is 16.7. The summed E-state index contributed by atoms with van der Waals surface area (Å²) < 4.78 is 0.990. The summed E-state index contributed by atoms with van der Waals surface area (Å²) in [6.45, 7) is 4.11. The van der Waals surface area contributed by atoms with Crippen LogP contribution in [0.3, 0.4) is 0 Å². The van der Waals surface area contributed by atoms with Gasteiger partial charge >= 0.3 is 0 Å². The van der Waals surface area contributed by atoms with Gasteiger partial charge in [0.2, 0.25) is 0 Å². The monoisotopic (exact) mass is 350 g/mol. The predicted molar refractivity (Wildman–Crippen MR) is 101 cm³/mol. The van der Waals surface area contributed by atoms with Crippen LogP contribution in [0.15, 0.2) is 30.5 Å². The van der Waals surface area contributed by atoms with Crippen LogP contribution in [-0.4, -0.2) is 29.1 Å². The van der Waals surface area contributed by atoms with Crippen LogP contribution < -0.4 is 16.0 Å². The summed E-state index contributed by atoms with van der Waals surface area (Å²) in [7, 11) is 0. The maximum absolute atomic E-state index is 9.01. The zero-order chi connectivity index (χ0) is 17.2. The van der Waals surface area contributed by atoms with Crippen molar-refractivity contribution >= 4 is 38.2 Å². The molecule has 3 N–H and O–H groups in total. The average molecular weight is 350 g/mol. The zero-order valence-corrected chi connectivity index (χ0v) is 14.7. The number of rotatable bonds is 4. The predicted octanol–water partition coefficient (Wildman–Crippen LogP) is 3.39. The molecule has 1 aliphatic rings. The summed E-state index contributed by atoms with van der Waals surface area (Å²) in [5.41, 5.74) is 3.75. The quantitative estimate of drug-likeness (QED) is 0.669. The van der Waals surface area contributed by atoms with Crippen molar-refractivity contribution in [3.63, 3.8) is 0 Å². The molecule has 0 bridgehead atoms. The molecule has 3 aromatic rings. The molecule has 1 unspecified atom stereocenters. The summed E-state index contributed by atoms with van der Waals surface area (Å²) in [6.07, 6.45) is 3.00. The number of thiazole rings is 1. The van der Waals surface area contributed by atoms with Gasteiger partial charge in [-0.25, -0.2) is 9.97 Å². The van der Waals surface area contributed by atoms with Gasteiger partial charge in [0, 0.05) is 30.5 Å². The second kappa shape index (κ2) is 6.67. The zero-order valence-electron chi connectivity index (χ0n) is 13.8. The summed E-state index contributed by atoms with van der Waals surface area (Å²) in [4.78, 5) is 9.03. The first-order valence-electron chi connectivity index (χ1n) is 8.23. The Morgan fingerprint density at radius 2 is 2.28 bits per heavy atom. The van der Waals surface area contributed by atoms with E-state index in [0.717, 1.165) is 51.9 Å². The van der Waals surface area contributed by atoms with Gasteiger partial charge in [0.1, 0.15) is 5.82 Å². The highest BCUT2D eigenvalue weighted by molar-refractivity contribution is 7.22. The number of fused-ring (bicyclic) bond motifs is 1. The van der Waals surface area contributed by atoms with Crippen molar-refractivity contribution in [3.05, 3.63) is 41.6 Å². The van der Waals surface area contributed by atoms with Crippen LogP contribution in [0, 0.1) is 18.3 Å². The number of nitrogens with one attached hydrogen (secondary N) is 3. The van der Waals surface area contributed by atoms with Crippen LogP contribution in [0.2, 0.25) is 0 Å². The summed E-state index contributed by atoms with van der Waals surface area (Å²) in [6, 6.07) is 10.2. The molecule has 4 rings (SSSR count). The van der Waals surface area contributed by atoms with Crippen LogP contribution in [-0.2, 0) is 0 Å². The van der Waals surface area contributed by atoms with Crippen LogP contribution in [0.4, 0.5) is 16.6 Å². The molecule has 2 aromatic heterocycles. The molecule has 0 radical (unpaired) electrons. The molecule has 1 saturated heterocycles. The van der Waals surface area contributed by atoms with E-state index in [1.54, 1.807) is 6.07 Å². The second-order valence-corrected chi connectivity index (χ2v) is 7.19. The lowest BCUT2D eigenvalue weighted by atomic mass is 10.2. The molecule has 7 heteroatoms. The summed E-state index contributed by atoms with van der Waals surface area (Å²) in [5.74, 6) is 0.763. The lowest BCUT2D eigenvalue weighted by molar-refractivity contribution is 0.792. The first-order valence-corrected chi connectivity index (χ1v) is 9.04. The third-order valence-electron chi connectivity index (χ3n) is 4.28. The minimum absolute atomic E-state index is 0.459. The number of aromatic nitrogens is 2. The van der Waals surface area contributed by atoms with Gasteiger partial charge in [0.05, 0.1) is 21.8 Å². The Labute approximate surface area is 149 Å². The van der Waals surface area contributed by atoms with E-state index in [1.807, 2.05) is 24.4 Å². The number of pyridine rings is 1. The van der Waals surface area contributed by atoms with Crippen molar-refractivity contribution in [3.8, 4) is 6.07 Å². The number of nitriles is 1. The Kier molecular flexibility index (Phi) is 4.22. The highest BCUT2D eigenvalue weighted by Gasteiger charge is 2.15. The van der Waals surface area contributed by atoms with Gasteiger partial charge in [-0.3, -0.25) is 0 Å². The van der Waals surface area contributed by atoms with Crippen molar-refractivity contribution in [2.24, 2.45) is 0 Å². The van der Waals surface area contributed by atoms with Crippen molar-refractivity contribution in [2.75, 3.05) is 23.7 Å². The lowest BCUT2D eigenvalue weighted by Gasteiger charge is -2.16. The van der Waals surface area contributed by atoms with Gasteiger partial charge in [-0.15, -0.1) is 0 Å². The lowest BCUT2D eigenvalue weighted by Crippen LogP contribution is -2.22. The fraction of sp³-hybridized carbons (Fsp3) is 0.278. The molecule has 1 aliphatic heterocycles. The summed E-state index contributed by atoms with van der Waals surface area (Å²) >= 11 is 1.52. The molecular weight excluding hydrogens is 332 g/mol. The number of hydrogen-bond acceptors (Lipinski definition) is 7. The first-order chi connectivity index (χ1) is 12.2. The number of hydrogen-bond donors (Lipinski definition) is 3. The third kappa shape index (κ3) is 3.40. The average Bonchev–Trinajstić information content (AvgIpc) is 3.26. The number of benzene rings is 1. The van der Waals surface area contributed by atoms with Crippen molar-refractivity contribution in [1.82, 2.24) is 15.3 Å². The minimum atomic E-state index is 0.459. The van der Waals surface area contributed by atoms with Gasteiger partial charge in [-0.05, 0) is 43.7 Å². The van der Waals surface area contributed by atoms with E-state index in [4.69, 9.17) is 5.26 Å². The maximum Gasteiger partial charge on any atom is 0.189 e. The molecule has 0 amide bonds. The minimum Gasteiger partial charge on any atom is -0.381 e. The molecular formula is C18H18N6S. The van der Waals surface area contributed by atoms with E-state index in [2.05, 4.69) is 38.9 Å². The SMILES string of the molecule is Cc1cnc(Nc2nc3ccc(C#N)cc3s2)cc1NC1CCNC1. The molecule has 25 heavy (non-hydrogen) atoms. The molecule has 0 aliphatic carbocycles. The Balaban J connectivity index is 1.56. The second-order valence-electron chi connectivity index (χ2n) is 6.16. The molecule has 1 atom stereocenters. The van der Waals surface area contributed by atoms with Crippen molar-refractivity contribution < 1.29 is 0 Å².